The molecule has 3 rings (SSSR count). The zero-order chi connectivity index (χ0) is 20.9. The van der Waals surface area contributed by atoms with Crippen LogP contribution in [0.4, 0.5) is 9.52 Å². The summed E-state index contributed by atoms with van der Waals surface area (Å²) in [5.74, 6) is -0.641. The minimum Gasteiger partial charge on any atom is -0.381 e. The molecule has 2 heterocycles. The van der Waals surface area contributed by atoms with E-state index in [2.05, 4.69) is 15.6 Å². The smallest absolute Gasteiger partial charge is 0.228 e. The first-order valence-corrected chi connectivity index (χ1v) is 10.6. The minimum atomic E-state index is -0.274. The van der Waals surface area contributed by atoms with Gasteiger partial charge in [0.15, 0.2) is 5.13 Å². The van der Waals surface area contributed by atoms with E-state index in [0.717, 1.165) is 18.4 Å². The molecule has 156 valence electrons. The Hall–Kier alpha value is -2.32. The van der Waals surface area contributed by atoms with Crippen LogP contribution < -0.4 is 10.6 Å². The van der Waals surface area contributed by atoms with Gasteiger partial charge in [0.05, 0.1) is 12.1 Å². The number of carbonyl (C=O) groups excluding carboxylic acids is 2. The first-order chi connectivity index (χ1) is 13.9. The predicted molar refractivity (Wildman–Crippen MR) is 110 cm³/mol. The molecule has 1 aliphatic rings. The lowest BCUT2D eigenvalue weighted by molar-refractivity contribution is -0.121. The Labute approximate surface area is 173 Å². The third kappa shape index (κ3) is 5.61. The average Bonchev–Trinajstić information content (AvgIpc) is 3.14. The van der Waals surface area contributed by atoms with Crippen LogP contribution in [0.25, 0.3) is 0 Å². The molecule has 1 fully saturated rings. The zero-order valence-corrected chi connectivity index (χ0v) is 17.5. The zero-order valence-electron chi connectivity index (χ0n) is 16.7. The molecule has 2 amide bonds. The van der Waals surface area contributed by atoms with Gasteiger partial charge in [0.2, 0.25) is 11.8 Å². The van der Waals surface area contributed by atoms with Crippen molar-refractivity contribution < 1.29 is 18.7 Å². The number of nitrogens with one attached hydrogen (secondary N) is 2. The van der Waals surface area contributed by atoms with Gasteiger partial charge >= 0.3 is 0 Å². The van der Waals surface area contributed by atoms with Crippen LogP contribution in [0.2, 0.25) is 0 Å². The lowest BCUT2D eigenvalue weighted by Gasteiger charge is -2.38. The molecule has 1 saturated heterocycles. The summed E-state index contributed by atoms with van der Waals surface area (Å²) >= 11 is 1.31. The maximum absolute atomic E-state index is 13.3. The summed E-state index contributed by atoms with van der Waals surface area (Å²) in [5, 5.41) is 8.03. The molecule has 0 spiro atoms. The van der Waals surface area contributed by atoms with Gasteiger partial charge in [0, 0.05) is 36.5 Å². The SMILES string of the molecule is CC(C)C(=O)Nc1nc(CC(=O)NCC2(c3ccc(F)cc3)CCOCC2)cs1. The second kappa shape index (κ2) is 9.45. The summed E-state index contributed by atoms with van der Waals surface area (Å²) in [7, 11) is 0. The maximum atomic E-state index is 13.3. The van der Waals surface area contributed by atoms with Gasteiger partial charge in [-0.1, -0.05) is 26.0 Å². The highest BCUT2D eigenvalue weighted by molar-refractivity contribution is 7.13. The van der Waals surface area contributed by atoms with E-state index in [-0.39, 0.29) is 35.4 Å². The summed E-state index contributed by atoms with van der Waals surface area (Å²) in [6, 6.07) is 6.49. The van der Waals surface area contributed by atoms with Gasteiger partial charge in [-0.25, -0.2) is 9.37 Å². The number of amides is 2. The second-order valence-electron chi connectivity index (χ2n) is 7.64. The predicted octanol–water partition coefficient (Wildman–Crippen LogP) is 3.28. The van der Waals surface area contributed by atoms with Crippen LogP contribution in [0, 0.1) is 11.7 Å². The van der Waals surface area contributed by atoms with Crippen LogP contribution >= 0.6 is 11.3 Å². The molecule has 1 aromatic heterocycles. The van der Waals surface area contributed by atoms with Crippen LogP contribution in [-0.4, -0.2) is 36.6 Å². The van der Waals surface area contributed by atoms with E-state index >= 15 is 0 Å². The van der Waals surface area contributed by atoms with Crippen molar-refractivity contribution in [2.24, 2.45) is 5.92 Å². The van der Waals surface area contributed by atoms with E-state index in [1.807, 2.05) is 13.8 Å². The molecule has 2 N–H and O–H groups in total. The van der Waals surface area contributed by atoms with Gasteiger partial charge in [-0.2, -0.15) is 0 Å². The number of anilines is 1. The average molecular weight is 420 g/mol. The van der Waals surface area contributed by atoms with E-state index in [1.54, 1.807) is 17.5 Å². The monoisotopic (exact) mass is 419 g/mol. The Bertz CT molecular complexity index is 845. The van der Waals surface area contributed by atoms with Crippen LogP contribution in [0.1, 0.15) is 37.9 Å². The first kappa shape index (κ1) is 21.4. The van der Waals surface area contributed by atoms with E-state index in [9.17, 15) is 14.0 Å². The normalized spacial score (nSPS) is 15.9. The number of rotatable bonds is 7. The highest BCUT2D eigenvalue weighted by atomic mass is 32.1. The first-order valence-electron chi connectivity index (χ1n) is 9.74. The Morgan fingerprint density at radius 3 is 2.59 bits per heavy atom. The van der Waals surface area contributed by atoms with Crippen LogP contribution in [-0.2, 0) is 26.2 Å². The van der Waals surface area contributed by atoms with Crippen molar-refractivity contribution in [1.29, 1.82) is 0 Å². The second-order valence-corrected chi connectivity index (χ2v) is 8.50. The lowest BCUT2D eigenvalue weighted by atomic mass is 9.74. The Kier molecular flexibility index (Phi) is 6.97. The van der Waals surface area contributed by atoms with Gasteiger partial charge in [0.1, 0.15) is 5.82 Å². The van der Waals surface area contributed by atoms with Crippen LogP contribution in [0.5, 0.6) is 0 Å². The molecule has 1 aromatic carbocycles. The number of hydrogen-bond donors (Lipinski definition) is 2. The number of aromatic nitrogens is 1. The molecule has 29 heavy (non-hydrogen) atoms. The van der Waals surface area contributed by atoms with Crippen molar-refractivity contribution >= 4 is 28.3 Å². The van der Waals surface area contributed by atoms with Crippen molar-refractivity contribution in [3.8, 4) is 0 Å². The number of carbonyl (C=O) groups is 2. The summed E-state index contributed by atoms with van der Waals surface area (Å²) in [5.41, 5.74) is 1.37. The topological polar surface area (TPSA) is 80.3 Å². The fourth-order valence-corrected chi connectivity index (χ4v) is 4.04. The van der Waals surface area contributed by atoms with Crippen LogP contribution in [0.3, 0.4) is 0 Å². The van der Waals surface area contributed by atoms with E-state index in [1.165, 1.54) is 23.5 Å². The van der Waals surface area contributed by atoms with E-state index in [4.69, 9.17) is 4.74 Å². The number of thiazole rings is 1. The molecule has 2 aromatic rings. The van der Waals surface area contributed by atoms with Crippen LogP contribution in [0.15, 0.2) is 29.6 Å². The largest absolute Gasteiger partial charge is 0.381 e. The van der Waals surface area contributed by atoms with Gasteiger partial charge in [-0.3, -0.25) is 9.59 Å². The Morgan fingerprint density at radius 1 is 1.24 bits per heavy atom. The number of benzene rings is 1. The number of nitrogens with zero attached hydrogens (tertiary/aromatic N) is 1. The fourth-order valence-electron chi connectivity index (χ4n) is 3.32. The summed E-state index contributed by atoms with van der Waals surface area (Å²) in [4.78, 5) is 28.6. The molecular formula is C21H26FN3O3S. The highest BCUT2D eigenvalue weighted by Crippen LogP contribution is 2.34. The fraction of sp³-hybridized carbons (Fsp3) is 0.476. The number of hydrogen-bond acceptors (Lipinski definition) is 5. The van der Waals surface area contributed by atoms with Crippen molar-refractivity contribution in [2.45, 2.75) is 38.5 Å². The maximum Gasteiger partial charge on any atom is 0.228 e. The molecule has 1 aliphatic heterocycles. The van der Waals surface area contributed by atoms with Crippen molar-refractivity contribution in [3.05, 3.63) is 46.7 Å². The van der Waals surface area contributed by atoms with Crippen molar-refractivity contribution in [2.75, 3.05) is 25.1 Å². The van der Waals surface area contributed by atoms with Gasteiger partial charge < -0.3 is 15.4 Å². The third-order valence-electron chi connectivity index (χ3n) is 5.18. The molecule has 0 saturated carbocycles. The molecule has 0 bridgehead atoms. The minimum absolute atomic E-state index is 0.101. The van der Waals surface area contributed by atoms with Crippen molar-refractivity contribution in [1.82, 2.24) is 10.3 Å². The lowest BCUT2D eigenvalue weighted by Crippen LogP contribution is -2.45. The summed E-state index contributed by atoms with van der Waals surface area (Å²) in [6.07, 6.45) is 1.67. The number of ether oxygens (including phenoxy) is 1. The molecule has 0 radical (unpaired) electrons. The molecule has 6 nitrogen and oxygen atoms in total. The Morgan fingerprint density at radius 2 is 1.93 bits per heavy atom. The van der Waals surface area contributed by atoms with E-state index < -0.39 is 0 Å². The number of halogens is 1. The van der Waals surface area contributed by atoms with Crippen molar-refractivity contribution in [3.63, 3.8) is 0 Å². The highest BCUT2D eigenvalue weighted by Gasteiger charge is 2.34. The van der Waals surface area contributed by atoms with Gasteiger partial charge in [0.25, 0.3) is 0 Å². The molecule has 0 atom stereocenters. The third-order valence-corrected chi connectivity index (χ3v) is 5.98. The van der Waals surface area contributed by atoms with Gasteiger partial charge in [-0.15, -0.1) is 11.3 Å². The van der Waals surface area contributed by atoms with Gasteiger partial charge in [-0.05, 0) is 30.5 Å². The molecule has 0 unspecified atom stereocenters. The standard InChI is InChI=1S/C21H26FN3O3S/c1-14(2)19(27)25-20-24-17(12-29-20)11-18(26)23-13-21(7-9-28-10-8-21)15-3-5-16(22)6-4-15/h3-6,12,14H,7-11,13H2,1-2H3,(H,23,26)(H,24,25,27). The summed E-state index contributed by atoms with van der Waals surface area (Å²) in [6.45, 7) is 5.30. The molecule has 8 heteroatoms. The molecule has 0 aliphatic carbocycles. The summed E-state index contributed by atoms with van der Waals surface area (Å²) < 4.78 is 18.8. The van der Waals surface area contributed by atoms with E-state index in [0.29, 0.717) is 30.6 Å². The quantitative estimate of drug-likeness (QED) is 0.722. The molecular weight excluding hydrogens is 393 g/mol. The Balaban J connectivity index is 1.60.